The minimum absolute atomic E-state index is 0.430. The molecule has 2 heteroatoms. The quantitative estimate of drug-likeness (QED) is 0.770. The molecule has 21 heavy (non-hydrogen) atoms. The third kappa shape index (κ3) is 2.99. The van der Waals surface area contributed by atoms with Gasteiger partial charge in [0.25, 0.3) is 0 Å². The van der Waals surface area contributed by atoms with E-state index in [1.807, 2.05) is 0 Å². The third-order valence-electron chi connectivity index (χ3n) is 4.47. The van der Waals surface area contributed by atoms with Gasteiger partial charge in [0.15, 0.2) is 0 Å². The van der Waals surface area contributed by atoms with Crippen LogP contribution in [0, 0.1) is 0 Å². The zero-order chi connectivity index (χ0) is 14.7. The van der Waals surface area contributed by atoms with E-state index in [0.717, 1.165) is 13.1 Å². The summed E-state index contributed by atoms with van der Waals surface area (Å²) in [4.78, 5) is 2.44. The Labute approximate surface area is 127 Å². The highest BCUT2D eigenvalue weighted by Gasteiger charge is 2.28. The molecule has 1 aliphatic heterocycles. The van der Waals surface area contributed by atoms with Gasteiger partial charge < -0.3 is 0 Å². The SMILES string of the molecule is C[C@@H](c1ccccc1)N1C=[N+]([C@@H](C)c2ccccc2)CC1. The molecule has 0 saturated heterocycles. The van der Waals surface area contributed by atoms with Gasteiger partial charge in [0.05, 0.1) is 0 Å². The molecule has 0 radical (unpaired) electrons. The van der Waals surface area contributed by atoms with Crippen LogP contribution in [0.2, 0.25) is 0 Å². The van der Waals surface area contributed by atoms with Gasteiger partial charge in [-0.2, -0.15) is 0 Å². The van der Waals surface area contributed by atoms with Crippen LogP contribution in [0.1, 0.15) is 37.1 Å². The van der Waals surface area contributed by atoms with E-state index >= 15 is 0 Å². The van der Waals surface area contributed by atoms with Gasteiger partial charge in [-0.15, -0.1) is 0 Å². The Hall–Kier alpha value is -2.09. The molecule has 108 valence electrons. The van der Waals surface area contributed by atoms with E-state index in [-0.39, 0.29) is 0 Å². The van der Waals surface area contributed by atoms with E-state index in [4.69, 9.17) is 0 Å². The zero-order valence-corrected chi connectivity index (χ0v) is 12.8. The van der Waals surface area contributed by atoms with Gasteiger partial charge in [-0.1, -0.05) is 60.7 Å². The fourth-order valence-electron chi connectivity index (χ4n) is 2.97. The molecule has 2 atom stereocenters. The van der Waals surface area contributed by atoms with Crippen LogP contribution in [-0.2, 0) is 0 Å². The monoisotopic (exact) mass is 279 g/mol. The summed E-state index contributed by atoms with van der Waals surface area (Å²) >= 11 is 0. The number of benzene rings is 2. The van der Waals surface area contributed by atoms with Crippen molar-refractivity contribution in [1.29, 1.82) is 0 Å². The van der Waals surface area contributed by atoms with Crippen LogP contribution in [0.3, 0.4) is 0 Å². The number of hydrogen-bond acceptors (Lipinski definition) is 1. The van der Waals surface area contributed by atoms with Crippen molar-refractivity contribution >= 4 is 6.34 Å². The van der Waals surface area contributed by atoms with Gasteiger partial charge in [-0.3, -0.25) is 9.48 Å². The van der Waals surface area contributed by atoms with Gasteiger partial charge in [0.2, 0.25) is 6.34 Å². The normalized spacial score (nSPS) is 17.4. The van der Waals surface area contributed by atoms with Crippen LogP contribution < -0.4 is 0 Å². The largest absolute Gasteiger partial charge is 0.258 e. The maximum atomic E-state index is 2.44. The number of rotatable bonds is 4. The van der Waals surface area contributed by atoms with Gasteiger partial charge in [-0.25, -0.2) is 0 Å². The number of nitrogens with zero attached hydrogens (tertiary/aromatic N) is 2. The topological polar surface area (TPSA) is 6.25 Å². The molecular weight excluding hydrogens is 256 g/mol. The van der Waals surface area contributed by atoms with Crippen molar-refractivity contribution in [1.82, 2.24) is 4.90 Å². The first-order valence-corrected chi connectivity index (χ1v) is 7.72. The maximum absolute atomic E-state index is 2.44. The van der Waals surface area contributed by atoms with Crippen LogP contribution in [0.25, 0.3) is 0 Å². The first kappa shape index (κ1) is 13.9. The van der Waals surface area contributed by atoms with Crippen LogP contribution >= 0.6 is 0 Å². The van der Waals surface area contributed by atoms with Gasteiger partial charge in [-0.05, 0) is 25.0 Å². The molecule has 1 aliphatic rings. The average Bonchev–Trinajstić information content (AvgIpc) is 3.05. The molecule has 1 heterocycles. The molecule has 0 aliphatic carbocycles. The molecule has 0 amide bonds. The van der Waals surface area contributed by atoms with Crippen molar-refractivity contribution in [2.45, 2.75) is 25.9 Å². The molecule has 0 spiro atoms. The average molecular weight is 279 g/mol. The van der Waals surface area contributed by atoms with E-state index in [1.165, 1.54) is 11.1 Å². The van der Waals surface area contributed by atoms with Gasteiger partial charge >= 0.3 is 0 Å². The summed E-state index contributed by atoms with van der Waals surface area (Å²) in [6.45, 7) is 6.74. The Morgan fingerprint density at radius 3 is 2.05 bits per heavy atom. The predicted molar refractivity (Wildman–Crippen MR) is 87.6 cm³/mol. The number of hydrogen-bond donors (Lipinski definition) is 0. The second-order valence-electron chi connectivity index (χ2n) is 5.76. The smallest absolute Gasteiger partial charge is 0.235 e. The first-order chi connectivity index (χ1) is 10.3. The van der Waals surface area contributed by atoms with Gasteiger partial charge in [0, 0.05) is 0 Å². The van der Waals surface area contributed by atoms with Crippen molar-refractivity contribution in [3.05, 3.63) is 71.8 Å². The predicted octanol–water partition coefficient (Wildman–Crippen LogP) is 3.87. The summed E-state index contributed by atoms with van der Waals surface area (Å²) in [6.07, 6.45) is 2.30. The standard InChI is InChI=1S/C19H23N2/c1-16(18-9-5-3-6-10-18)20-13-14-21(15-20)17(2)19-11-7-4-8-12-19/h3-12,15-17H,13-14H2,1-2H3/q+1/t16-,17-/m0/s1. The molecule has 0 fully saturated rings. The lowest BCUT2D eigenvalue weighted by atomic mass is 10.1. The first-order valence-electron chi connectivity index (χ1n) is 7.72. The fourth-order valence-corrected chi connectivity index (χ4v) is 2.97. The molecule has 2 nitrogen and oxygen atoms in total. The highest BCUT2D eigenvalue weighted by molar-refractivity contribution is 5.52. The van der Waals surface area contributed by atoms with E-state index in [0.29, 0.717) is 12.1 Å². The lowest BCUT2D eigenvalue weighted by Gasteiger charge is -2.16. The Morgan fingerprint density at radius 2 is 1.43 bits per heavy atom. The second-order valence-corrected chi connectivity index (χ2v) is 5.76. The molecule has 0 bridgehead atoms. The Morgan fingerprint density at radius 1 is 0.857 bits per heavy atom. The minimum Gasteiger partial charge on any atom is -0.258 e. The molecule has 0 unspecified atom stereocenters. The Bertz CT molecular complexity index is 604. The Balaban J connectivity index is 1.75. The molecule has 0 aromatic heterocycles. The maximum Gasteiger partial charge on any atom is 0.235 e. The van der Waals surface area contributed by atoms with E-state index < -0.39 is 0 Å². The van der Waals surface area contributed by atoms with Crippen molar-refractivity contribution in [3.63, 3.8) is 0 Å². The summed E-state index contributed by atoms with van der Waals surface area (Å²) in [5, 5.41) is 0. The van der Waals surface area contributed by atoms with E-state index in [1.54, 1.807) is 0 Å². The van der Waals surface area contributed by atoms with Crippen molar-refractivity contribution < 1.29 is 4.58 Å². The summed E-state index contributed by atoms with van der Waals surface area (Å²) in [7, 11) is 0. The second kappa shape index (κ2) is 6.13. The van der Waals surface area contributed by atoms with Crippen molar-refractivity contribution in [3.8, 4) is 0 Å². The molecular formula is C19H23N2+. The minimum atomic E-state index is 0.430. The zero-order valence-electron chi connectivity index (χ0n) is 12.8. The molecule has 0 saturated carbocycles. The van der Waals surface area contributed by atoms with Crippen LogP contribution in [0.4, 0.5) is 0 Å². The highest BCUT2D eigenvalue weighted by atomic mass is 15.3. The molecule has 2 aromatic rings. The van der Waals surface area contributed by atoms with E-state index in [9.17, 15) is 0 Å². The van der Waals surface area contributed by atoms with Crippen LogP contribution in [0.15, 0.2) is 60.7 Å². The highest BCUT2D eigenvalue weighted by Crippen LogP contribution is 2.23. The molecule has 2 aromatic carbocycles. The summed E-state index contributed by atoms with van der Waals surface area (Å²) < 4.78 is 2.44. The summed E-state index contributed by atoms with van der Waals surface area (Å²) in [5.41, 5.74) is 2.76. The third-order valence-corrected chi connectivity index (χ3v) is 4.47. The summed E-state index contributed by atoms with van der Waals surface area (Å²) in [6, 6.07) is 22.3. The van der Waals surface area contributed by atoms with Gasteiger partial charge in [0.1, 0.15) is 25.2 Å². The van der Waals surface area contributed by atoms with Crippen LogP contribution in [0.5, 0.6) is 0 Å². The molecule has 3 rings (SSSR count). The molecule has 0 N–H and O–H groups in total. The van der Waals surface area contributed by atoms with Crippen molar-refractivity contribution in [2.24, 2.45) is 0 Å². The van der Waals surface area contributed by atoms with Crippen LogP contribution in [-0.4, -0.2) is 28.9 Å². The van der Waals surface area contributed by atoms with E-state index in [2.05, 4.69) is 90.3 Å². The van der Waals surface area contributed by atoms with Crippen molar-refractivity contribution in [2.75, 3.05) is 13.1 Å². The lowest BCUT2D eigenvalue weighted by Crippen LogP contribution is -2.23. The Kier molecular flexibility index (Phi) is 4.05. The lowest BCUT2D eigenvalue weighted by molar-refractivity contribution is -0.555. The summed E-state index contributed by atoms with van der Waals surface area (Å²) in [5.74, 6) is 0. The fraction of sp³-hybridized carbons (Fsp3) is 0.316.